The first-order valence-electron chi connectivity index (χ1n) is 7.74. The molecule has 1 aliphatic heterocycles. The van der Waals surface area contributed by atoms with Crippen LogP contribution in [0.3, 0.4) is 0 Å². The largest absolute Gasteiger partial charge is 0.481 e. The Bertz CT molecular complexity index is 358. The summed E-state index contributed by atoms with van der Waals surface area (Å²) < 4.78 is 0. The molecule has 0 atom stereocenters. The Morgan fingerprint density at radius 1 is 1.25 bits per heavy atom. The highest BCUT2D eigenvalue weighted by molar-refractivity contribution is 5.76. The number of hydrogen-bond acceptors (Lipinski definition) is 2. The van der Waals surface area contributed by atoms with Gasteiger partial charge in [0.05, 0.1) is 6.42 Å². The lowest BCUT2D eigenvalue weighted by Gasteiger charge is -2.43. The summed E-state index contributed by atoms with van der Waals surface area (Å²) in [4.78, 5) is 27.1. The maximum Gasteiger partial charge on any atom is 0.320 e. The second kappa shape index (κ2) is 6.46. The maximum atomic E-state index is 12.6. The third kappa shape index (κ3) is 3.64. The number of aliphatic carboxylic acids is 1. The predicted molar refractivity (Wildman–Crippen MR) is 76.5 cm³/mol. The Morgan fingerprint density at radius 2 is 1.85 bits per heavy atom. The number of urea groups is 1. The minimum Gasteiger partial charge on any atom is -0.481 e. The molecular formula is C15H26N2O3. The van der Waals surface area contributed by atoms with Crippen molar-refractivity contribution in [2.45, 2.75) is 52.0 Å². The maximum absolute atomic E-state index is 12.6. The predicted octanol–water partition coefficient (Wildman–Crippen LogP) is 2.41. The van der Waals surface area contributed by atoms with Crippen molar-refractivity contribution in [3.8, 4) is 0 Å². The highest BCUT2D eigenvalue weighted by Gasteiger charge is 2.37. The molecule has 0 spiro atoms. The zero-order valence-corrected chi connectivity index (χ0v) is 12.5. The minimum atomic E-state index is -0.767. The standard InChI is InChI=1S/C15H26N2O3/c1-11(2)8-17(13-5-3-4-6-13)15(20)16-9-12(10-16)7-14(18)19/h11-13H,3-10H2,1-2H3,(H,18,19). The van der Waals surface area contributed by atoms with Crippen molar-refractivity contribution in [2.24, 2.45) is 11.8 Å². The molecule has 0 aromatic carbocycles. The monoisotopic (exact) mass is 282 g/mol. The van der Waals surface area contributed by atoms with Crippen LogP contribution in [0.15, 0.2) is 0 Å². The molecule has 1 heterocycles. The first-order valence-corrected chi connectivity index (χ1v) is 7.74. The van der Waals surface area contributed by atoms with E-state index in [4.69, 9.17) is 5.11 Å². The molecule has 0 radical (unpaired) electrons. The number of carbonyl (C=O) groups is 2. The van der Waals surface area contributed by atoms with Gasteiger partial charge in [0.2, 0.25) is 0 Å². The first-order chi connectivity index (χ1) is 9.47. The van der Waals surface area contributed by atoms with Crippen molar-refractivity contribution in [1.29, 1.82) is 0 Å². The van der Waals surface area contributed by atoms with Crippen LogP contribution in [0, 0.1) is 11.8 Å². The summed E-state index contributed by atoms with van der Waals surface area (Å²) in [6.45, 7) is 6.29. The van der Waals surface area contributed by atoms with E-state index in [-0.39, 0.29) is 18.4 Å². The van der Waals surface area contributed by atoms with E-state index in [1.54, 1.807) is 0 Å². The van der Waals surface area contributed by atoms with Gasteiger partial charge in [0.15, 0.2) is 0 Å². The Balaban J connectivity index is 1.89. The van der Waals surface area contributed by atoms with Crippen molar-refractivity contribution < 1.29 is 14.7 Å². The zero-order valence-electron chi connectivity index (χ0n) is 12.5. The van der Waals surface area contributed by atoms with Crippen LogP contribution in [0.1, 0.15) is 46.0 Å². The van der Waals surface area contributed by atoms with Gasteiger partial charge in [0.25, 0.3) is 0 Å². The molecule has 0 unspecified atom stereocenters. The smallest absolute Gasteiger partial charge is 0.320 e. The molecule has 0 aromatic rings. The first kappa shape index (κ1) is 15.1. The fraction of sp³-hybridized carbons (Fsp3) is 0.867. The normalized spacial score (nSPS) is 20.2. The summed E-state index contributed by atoms with van der Waals surface area (Å²) >= 11 is 0. The van der Waals surface area contributed by atoms with Gasteiger partial charge in [-0.2, -0.15) is 0 Å². The van der Waals surface area contributed by atoms with E-state index >= 15 is 0 Å². The van der Waals surface area contributed by atoms with E-state index in [2.05, 4.69) is 13.8 Å². The second-order valence-corrected chi connectivity index (χ2v) is 6.64. The second-order valence-electron chi connectivity index (χ2n) is 6.64. The van der Waals surface area contributed by atoms with Crippen molar-refractivity contribution in [1.82, 2.24) is 9.80 Å². The van der Waals surface area contributed by atoms with Crippen LogP contribution in [0.2, 0.25) is 0 Å². The summed E-state index contributed by atoms with van der Waals surface area (Å²) in [5.41, 5.74) is 0. The van der Waals surface area contributed by atoms with Crippen LogP contribution in [0.5, 0.6) is 0 Å². The van der Waals surface area contributed by atoms with Crippen molar-refractivity contribution >= 4 is 12.0 Å². The van der Waals surface area contributed by atoms with Gasteiger partial charge in [-0.1, -0.05) is 26.7 Å². The van der Waals surface area contributed by atoms with Gasteiger partial charge < -0.3 is 14.9 Å². The van der Waals surface area contributed by atoms with Crippen molar-refractivity contribution in [2.75, 3.05) is 19.6 Å². The molecule has 20 heavy (non-hydrogen) atoms. The fourth-order valence-corrected chi connectivity index (χ4v) is 3.28. The number of likely N-dealkylation sites (tertiary alicyclic amines) is 1. The summed E-state index contributed by atoms with van der Waals surface area (Å²) in [7, 11) is 0. The number of nitrogens with zero attached hydrogens (tertiary/aromatic N) is 2. The Kier molecular flexibility index (Phi) is 4.89. The molecule has 5 nitrogen and oxygen atoms in total. The van der Waals surface area contributed by atoms with Crippen LogP contribution < -0.4 is 0 Å². The Morgan fingerprint density at radius 3 is 2.35 bits per heavy atom. The third-order valence-electron chi connectivity index (χ3n) is 4.26. The summed E-state index contributed by atoms with van der Waals surface area (Å²) in [6, 6.07) is 0.510. The van der Waals surface area contributed by atoms with Crippen LogP contribution in [-0.4, -0.2) is 52.6 Å². The molecule has 2 aliphatic rings. The number of amides is 2. The zero-order chi connectivity index (χ0) is 14.7. The molecule has 2 rings (SSSR count). The van der Waals surface area contributed by atoms with Crippen molar-refractivity contribution in [3.63, 3.8) is 0 Å². The van der Waals surface area contributed by atoms with Gasteiger partial charge in [-0.05, 0) is 18.8 Å². The summed E-state index contributed by atoms with van der Waals surface area (Å²) in [6.07, 6.45) is 4.84. The van der Waals surface area contributed by atoms with Gasteiger partial charge in [0.1, 0.15) is 0 Å². The lowest BCUT2D eigenvalue weighted by molar-refractivity contribution is -0.139. The van der Waals surface area contributed by atoms with Gasteiger partial charge in [-0.25, -0.2) is 4.79 Å². The summed E-state index contributed by atoms with van der Waals surface area (Å²) in [5, 5.41) is 8.76. The van der Waals surface area contributed by atoms with Gasteiger partial charge in [-0.3, -0.25) is 4.79 Å². The molecular weight excluding hydrogens is 256 g/mol. The molecule has 0 bridgehead atoms. The van der Waals surface area contributed by atoms with E-state index in [0.717, 1.165) is 19.4 Å². The average molecular weight is 282 g/mol. The van der Waals surface area contributed by atoms with E-state index in [1.807, 2.05) is 9.80 Å². The fourth-order valence-electron chi connectivity index (χ4n) is 3.28. The molecule has 1 saturated heterocycles. The van der Waals surface area contributed by atoms with Crippen LogP contribution >= 0.6 is 0 Å². The average Bonchev–Trinajstić information content (AvgIpc) is 2.82. The lowest BCUT2D eigenvalue weighted by Crippen LogP contribution is -2.57. The lowest BCUT2D eigenvalue weighted by atomic mass is 9.96. The number of hydrogen-bond donors (Lipinski definition) is 1. The topological polar surface area (TPSA) is 60.9 Å². The minimum absolute atomic E-state index is 0.118. The molecule has 0 aromatic heterocycles. The number of rotatable bonds is 5. The van der Waals surface area contributed by atoms with Gasteiger partial charge in [-0.15, -0.1) is 0 Å². The quantitative estimate of drug-likeness (QED) is 0.842. The Labute approximate surface area is 120 Å². The molecule has 114 valence electrons. The molecule has 1 aliphatic carbocycles. The molecule has 2 fully saturated rings. The van der Waals surface area contributed by atoms with Crippen LogP contribution in [0.25, 0.3) is 0 Å². The number of carbonyl (C=O) groups excluding carboxylic acids is 1. The van der Waals surface area contributed by atoms with E-state index < -0.39 is 5.97 Å². The molecule has 1 saturated carbocycles. The SMILES string of the molecule is CC(C)CN(C(=O)N1CC(CC(=O)O)C1)C1CCCC1. The van der Waals surface area contributed by atoms with Gasteiger partial charge in [0, 0.05) is 31.6 Å². The van der Waals surface area contributed by atoms with Crippen LogP contribution in [0.4, 0.5) is 4.79 Å². The third-order valence-corrected chi connectivity index (χ3v) is 4.26. The highest BCUT2D eigenvalue weighted by Crippen LogP contribution is 2.28. The van der Waals surface area contributed by atoms with Crippen molar-refractivity contribution in [3.05, 3.63) is 0 Å². The number of carboxylic acid groups (broad SMARTS) is 1. The molecule has 1 N–H and O–H groups in total. The molecule has 5 heteroatoms. The summed E-state index contributed by atoms with van der Waals surface area (Å²) in [5.74, 6) is -0.159. The van der Waals surface area contributed by atoms with Crippen LogP contribution in [-0.2, 0) is 4.79 Å². The molecule has 2 amide bonds. The number of carboxylic acids is 1. The van der Waals surface area contributed by atoms with Gasteiger partial charge >= 0.3 is 12.0 Å². The van der Waals surface area contributed by atoms with E-state index in [9.17, 15) is 9.59 Å². The van der Waals surface area contributed by atoms with E-state index in [1.165, 1.54) is 12.8 Å². The highest BCUT2D eigenvalue weighted by atomic mass is 16.4. The Hall–Kier alpha value is -1.26. The van der Waals surface area contributed by atoms with E-state index in [0.29, 0.717) is 25.0 Å².